The van der Waals surface area contributed by atoms with Gasteiger partial charge in [-0.05, 0) is 5.39 Å². The van der Waals surface area contributed by atoms with Gasteiger partial charge in [0.25, 0.3) is 11.5 Å². The summed E-state index contributed by atoms with van der Waals surface area (Å²) in [6.07, 6.45) is -9.97. The molecule has 3 aromatic rings. The van der Waals surface area contributed by atoms with Crippen molar-refractivity contribution < 1.29 is 36.2 Å². The van der Waals surface area contributed by atoms with E-state index in [9.17, 15) is 36.2 Å². The predicted octanol–water partition coefficient (Wildman–Crippen LogP) is 4.13. The standard InChI is InChI=1S/C17H11F6N3O2/c18-16(19,20)15(28,17(21,22)23)11-6-5-9-3-1-2-4-10(9)13(11)26-14(27)12-7-24-8-25-12/h1-8,28H,(H,24,25)(H,26,27). The van der Waals surface area contributed by atoms with E-state index in [1.54, 1.807) is 0 Å². The molecule has 0 spiro atoms. The number of aliphatic hydroxyl groups is 1. The molecule has 1 heterocycles. The predicted molar refractivity (Wildman–Crippen MR) is 86.5 cm³/mol. The number of carbonyl (C=O) groups is 1. The number of benzene rings is 2. The van der Waals surface area contributed by atoms with E-state index in [0.717, 1.165) is 18.6 Å². The van der Waals surface area contributed by atoms with Crippen LogP contribution in [0.5, 0.6) is 0 Å². The van der Waals surface area contributed by atoms with Crippen LogP contribution >= 0.6 is 0 Å². The van der Waals surface area contributed by atoms with Gasteiger partial charge in [0.2, 0.25) is 0 Å². The van der Waals surface area contributed by atoms with Crippen molar-refractivity contribution in [2.75, 3.05) is 5.32 Å². The third-order valence-electron chi connectivity index (χ3n) is 4.11. The Labute approximate surface area is 153 Å². The zero-order valence-corrected chi connectivity index (χ0v) is 13.7. The van der Waals surface area contributed by atoms with Gasteiger partial charge < -0.3 is 15.4 Å². The fourth-order valence-electron chi connectivity index (χ4n) is 2.74. The Balaban J connectivity index is 2.29. The highest BCUT2D eigenvalue weighted by molar-refractivity contribution is 6.09. The quantitative estimate of drug-likeness (QED) is 0.576. The van der Waals surface area contributed by atoms with E-state index in [2.05, 4.69) is 9.97 Å². The molecular weight excluding hydrogens is 392 g/mol. The van der Waals surface area contributed by atoms with Gasteiger partial charge in [0, 0.05) is 17.1 Å². The number of hydrogen-bond donors (Lipinski definition) is 3. The SMILES string of the molecule is O=C(Nc1c(C(O)(C(F)(F)F)C(F)(F)F)ccc2ccccc12)c1c[nH]cn1. The van der Waals surface area contributed by atoms with Crippen LogP contribution in [0, 0.1) is 0 Å². The van der Waals surface area contributed by atoms with E-state index < -0.39 is 35.1 Å². The largest absolute Gasteiger partial charge is 0.430 e. The van der Waals surface area contributed by atoms with Gasteiger partial charge in [-0.3, -0.25) is 4.79 Å². The number of amides is 1. The van der Waals surface area contributed by atoms with Crippen molar-refractivity contribution in [3.05, 3.63) is 60.2 Å². The number of carbonyl (C=O) groups excluding carboxylic acids is 1. The summed E-state index contributed by atoms with van der Waals surface area (Å²) in [6.45, 7) is 0. The molecule has 0 bridgehead atoms. The number of halogens is 6. The molecule has 3 rings (SSSR count). The van der Waals surface area contributed by atoms with Crippen molar-refractivity contribution in [3.8, 4) is 0 Å². The second-order valence-electron chi connectivity index (χ2n) is 5.82. The summed E-state index contributed by atoms with van der Waals surface area (Å²) in [5.74, 6) is -1.05. The number of rotatable bonds is 3. The van der Waals surface area contributed by atoms with E-state index in [1.807, 2.05) is 5.32 Å². The van der Waals surface area contributed by atoms with Gasteiger partial charge in [-0.25, -0.2) is 4.98 Å². The van der Waals surface area contributed by atoms with Gasteiger partial charge in [-0.15, -0.1) is 0 Å². The average Bonchev–Trinajstić information content (AvgIpc) is 3.14. The first-order valence-electron chi connectivity index (χ1n) is 7.65. The molecule has 28 heavy (non-hydrogen) atoms. The first-order chi connectivity index (χ1) is 13.0. The summed E-state index contributed by atoms with van der Waals surface area (Å²) in [4.78, 5) is 18.3. The van der Waals surface area contributed by atoms with Crippen LogP contribution in [0.15, 0.2) is 48.9 Å². The number of imidazole rings is 1. The number of alkyl halides is 6. The van der Waals surface area contributed by atoms with Crippen molar-refractivity contribution in [2.45, 2.75) is 18.0 Å². The summed E-state index contributed by atoms with van der Waals surface area (Å²) < 4.78 is 80.3. The molecule has 1 amide bonds. The Morgan fingerprint density at radius 2 is 1.64 bits per heavy atom. The highest BCUT2D eigenvalue weighted by atomic mass is 19.4. The Morgan fingerprint density at radius 3 is 2.21 bits per heavy atom. The zero-order chi connectivity index (χ0) is 20.7. The fraction of sp³-hybridized carbons (Fsp3) is 0.176. The third kappa shape index (κ3) is 3.07. The maximum Gasteiger partial charge on any atom is 0.430 e. The van der Waals surface area contributed by atoms with Crippen LogP contribution in [0.25, 0.3) is 10.8 Å². The summed E-state index contributed by atoms with van der Waals surface area (Å²) in [7, 11) is 0. The van der Waals surface area contributed by atoms with Crippen LogP contribution in [0.3, 0.4) is 0 Å². The number of fused-ring (bicyclic) bond motifs is 1. The monoisotopic (exact) mass is 403 g/mol. The van der Waals surface area contributed by atoms with Crippen molar-refractivity contribution in [1.82, 2.24) is 9.97 Å². The first kappa shape index (κ1) is 19.7. The highest BCUT2D eigenvalue weighted by Crippen LogP contribution is 2.52. The number of aromatic nitrogens is 2. The van der Waals surface area contributed by atoms with E-state index in [-0.39, 0.29) is 16.5 Å². The minimum absolute atomic E-state index is 0.115. The molecule has 0 fully saturated rings. The maximum atomic E-state index is 13.4. The molecule has 148 valence electrons. The van der Waals surface area contributed by atoms with Gasteiger partial charge >= 0.3 is 12.4 Å². The minimum atomic E-state index is -6.10. The van der Waals surface area contributed by atoms with Gasteiger partial charge in [0.05, 0.1) is 12.0 Å². The molecule has 0 saturated carbocycles. The average molecular weight is 403 g/mol. The number of nitrogens with zero attached hydrogens (tertiary/aromatic N) is 1. The van der Waals surface area contributed by atoms with Crippen LogP contribution in [-0.4, -0.2) is 33.3 Å². The summed E-state index contributed by atoms with van der Waals surface area (Å²) in [5.41, 5.74) is -7.82. The fourth-order valence-corrected chi connectivity index (χ4v) is 2.74. The molecule has 0 atom stereocenters. The van der Waals surface area contributed by atoms with Gasteiger partial charge in [0.1, 0.15) is 5.69 Å². The molecule has 0 saturated heterocycles. The molecule has 0 aliphatic rings. The summed E-state index contributed by atoms with van der Waals surface area (Å²) in [6, 6.07) is 7.04. The molecule has 1 aromatic heterocycles. The van der Waals surface area contributed by atoms with Crippen molar-refractivity contribution in [3.63, 3.8) is 0 Å². The Bertz CT molecular complexity index is 998. The van der Waals surface area contributed by atoms with Crippen LogP contribution in [0.2, 0.25) is 0 Å². The van der Waals surface area contributed by atoms with Crippen LogP contribution < -0.4 is 5.32 Å². The molecule has 2 aromatic carbocycles. The minimum Gasteiger partial charge on any atom is -0.369 e. The highest BCUT2D eigenvalue weighted by Gasteiger charge is 2.72. The maximum absolute atomic E-state index is 13.4. The summed E-state index contributed by atoms with van der Waals surface area (Å²) in [5, 5.41) is 12.0. The van der Waals surface area contributed by atoms with E-state index in [0.29, 0.717) is 6.07 Å². The number of H-pyrrole nitrogens is 1. The topological polar surface area (TPSA) is 78.0 Å². The lowest BCUT2D eigenvalue weighted by atomic mass is 9.88. The number of nitrogens with one attached hydrogen (secondary N) is 2. The lowest BCUT2D eigenvalue weighted by Gasteiger charge is -2.34. The molecule has 3 N–H and O–H groups in total. The lowest BCUT2D eigenvalue weighted by molar-refractivity contribution is -0.375. The van der Waals surface area contributed by atoms with Gasteiger partial charge in [-0.2, -0.15) is 26.3 Å². The normalized spacial score (nSPS) is 13.0. The van der Waals surface area contributed by atoms with Crippen molar-refractivity contribution in [2.24, 2.45) is 0 Å². The zero-order valence-electron chi connectivity index (χ0n) is 13.7. The van der Waals surface area contributed by atoms with Gasteiger partial charge in [0.15, 0.2) is 0 Å². The third-order valence-corrected chi connectivity index (χ3v) is 4.11. The molecule has 0 aliphatic heterocycles. The summed E-state index contributed by atoms with van der Waals surface area (Å²) >= 11 is 0. The molecular formula is C17H11F6N3O2. The molecule has 0 unspecified atom stereocenters. The second kappa shape index (κ2) is 6.51. The molecule has 0 aliphatic carbocycles. The smallest absolute Gasteiger partial charge is 0.369 e. The van der Waals surface area contributed by atoms with E-state index >= 15 is 0 Å². The Hall–Kier alpha value is -3.08. The van der Waals surface area contributed by atoms with Crippen molar-refractivity contribution in [1.29, 1.82) is 0 Å². The van der Waals surface area contributed by atoms with Gasteiger partial charge in [-0.1, -0.05) is 36.4 Å². The Morgan fingerprint density at radius 1 is 1.00 bits per heavy atom. The molecule has 5 nitrogen and oxygen atoms in total. The number of anilines is 1. The lowest BCUT2D eigenvalue weighted by Crippen LogP contribution is -2.54. The Kier molecular flexibility index (Phi) is 4.58. The second-order valence-corrected chi connectivity index (χ2v) is 5.82. The van der Waals surface area contributed by atoms with E-state index in [1.165, 1.54) is 24.3 Å². The number of hydrogen-bond acceptors (Lipinski definition) is 3. The van der Waals surface area contributed by atoms with E-state index in [4.69, 9.17) is 0 Å². The number of aromatic amines is 1. The first-order valence-corrected chi connectivity index (χ1v) is 7.65. The molecule has 11 heteroatoms. The van der Waals surface area contributed by atoms with Crippen LogP contribution in [0.4, 0.5) is 32.0 Å². The molecule has 0 radical (unpaired) electrons. The van der Waals surface area contributed by atoms with Crippen molar-refractivity contribution >= 4 is 22.4 Å². The van der Waals surface area contributed by atoms with Crippen LogP contribution in [-0.2, 0) is 5.60 Å². The van der Waals surface area contributed by atoms with Crippen LogP contribution in [0.1, 0.15) is 16.1 Å².